The number of carbonyl (C=O) groups is 2. The van der Waals surface area contributed by atoms with Crippen molar-refractivity contribution in [3.63, 3.8) is 0 Å². The molecule has 3 rings (SSSR count). The monoisotopic (exact) mass is 609 g/mol. The van der Waals surface area contributed by atoms with Gasteiger partial charge in [-0.05, 0) is 62.9 Å². The van der Waals surface area contributed by atoms with Gasteiger partial charge in [-0.3, -0.25) is 9.69 Å². The fourth-order valence-corrected chi connectivity index (χ4v) is 6.33. The van der Waals surface area contributed by atoms with Crippen LogP contribution in [-0.2, 0) is 36.5 Å². The number of rotatable bonds is 12. The van der Waals surface area contributed by atoms with Crippen molar-refractivity contribution >= 4 is 20.4 Å². The lowest BCUT2D eigenvalue weighted by Crippen LogP contribution is -2.56. The topological polar surface area (TPSA) is 74.3 Å². The van der Waals surface area contributed by atoms with Gasteiger partial charge in [0.2, 0.25) is 0 Å². The largest absolute Gasteiger partial charge is 0.461 e. The van der Waals surface area contributed by atoms with Crippen molar-refractivity contribution in [3.05, 3.63) is 84.4 Å². The Balaban J connectivity index is 2.08. The van der Waals surface area contributed by atoms with Crippen molar-refractivity contribution in [2.75, 3.05) is 13.2 Å². The highest BCUT2D eigenvalue weighted by molar-refractivity contribution is 6.74. The quantitative estimate of drug-likeness (QED) is 0.140. The first kappa shape index (κ1) is 34.5. The second kappa shape index (κ2) is 14.7. The zero-order chi connectivity index (χ0) is 31.8. The molecule has 0 spiro atoms. The van der Waals surface area contributed by atoms with E-state index >= 15 is 0 Å². The number of ether oxygens (including phenoxy) is 3. The molecule has 0 aromatic heterocycles. The third-order valence-electron chi connectivity index (χ3n) is 8.22. The Kier molecular flexibility index (Phi) is 11.8. The van der Waals surface area contributed by atoms with Gasteiger partial charge in [-0.1, -0.05) is 87.5 Å². The lowest BCUT2D eigenvalue weighted by atomic mass is 9.88. The number of esters is 1. The van der Waals surface area contributed by atoms with Gasteiger partial charge in [0.1, 0.15) is 12.2 Å². The molecule has 0 aliphatic carbocycles. The summed E-state index contributed by atoms with van der Waals surface area (Å²) >= 11 is 0. The SMILES string of the molecule is C=CCO[C@@H]1C[C@H]([C@@H](O[Si](C)(C)C(C)(C)C)[C@H](Cc2ccccc2)C(=O)OCc2ccccc2)N(C(=O)OC(C)(C)C)C1. The van der Waals surface area contributed by atoms with Crippen LogP contribution in [0.25, 0.3) is 0 Å². The predicted molar refractivity (Wildman–Crippen MR) is 173 cm³/mol. The molecule has 4 atom stereocenters. The number of likely N-dealkylation sites (tertiary alicyclic amines) is 1. The average Bonchev–Trinajstić information content (AvgIpc) is 3.36. The third kappa shape index (κ3) is 10.0. The maximum absolute atomic E-state index is 14.1. The van der Waals surface area contributed by atoms with E-state index in [1.807, 2.05) is 81.4 Å². The number of amides is 1. The van der Waals surface area contributed by atoms with Gasteiger partial charge in [0.25, 0.3) is 0 Å². The molecular formula is C35H51NO6Si. The normalized spacial score (nSPS) is 19.0. The molecule has 236 valence electrons. The molecule has 43 heavy (non-hydrogen) atoms. The molecule has 0 N–H and O–H groups in total. The smallest absolute Gasteiger partial charge is 0.410 e. The summed E-state index contributed by atoms with van der Waals surface area (Å²) in [6, 6.07) is 19.1. The van der Waals surface area contributed by atoms with Gasteiger partial charge in [0.05, 0.1) is 37.3 Å². The first-order valence-corrected chi connectivity index (χ1v) is 18.2. The predicted octanol–water partition coefficient (Wildman–Crippen LogP) is 7.56. The summed E-state index contributed by atoms with van der Waals surface area (Å²) in [5.41, 5.74) is 1.22. The third-order valence-corrected chi connectivity index (χ3v) is 12.7. The van der Waals surface area contributed by atoms with Gasteiger partial charge in [-0.25, -0.2) is 4.79 Å². The molecule has 8 heteroatoms. The van der Waals surface area contributed by atoms with Crippen molar-refractivity contribution < 1.29 is 28.2 Å². The van der Waals surface area contributed by atoms with Crippen LogP contribution in [0, 0.1) is 5.92 Å². The second-order valence-electron chi connectivity index (χ2n) is 13.9. The van der Waals surface area contributed by atoms with Gasteiger partial charge in [-0.2, -0.15) is 0 Å². The molecule has 0 unspecified atom stereocenters. The highest BCUT2D eigenvalue weighted by atomic mass is 28.4. The van der Waals surface area contributed by atoms with E-state index in [9.17, 15) is 9.59 Å². The van der Waals surface area contributed by atoms with E-state index in [1.165, 1.54) is 0 Å². The minimum absolute atomic E-state index is 0.134. The van der Waals surface area contributed by atoms with Crippen LogP contribution in [0.1, 0.15) is 59.1 Å². The maximum atomic E-state index is 14.1. The Bertz CT molecular complexity index is 1190. The average molecular weight is 610 g/mol. The van der Waals surface area contributed by atoms with Crippen LogP contribution in [-0.4, -0.2) is 62.3 Å². The molecule has 2 aromatic carbocycles. The van der Waals surface area contributed by atoms with E-state index in [1.54, 1.807) is 11.0 Å². The highest BCUT2D eigenvalue weighted by Crippen LogP contribution is 2.41. The lowest BCUT2D eigenvalue weighted by Gasteiger charge is -2.44. The molecule has 1 aliphatic rings. The lowest BCUT2D eigenvalue weighted by molar-refractivity contribution is -0.155. The molecule has 1 amide bonds. The van der Waals surface area contributed by atoms with Crippen LogP contribution < -0.4 is 0 Å². The molecule has 2 aromatic rings. The number of benzene rings is 2. The van der Waals surface area contributed by atoms with Crippen LogP contribution in [0.5, 0.6) is 0 Å². The Morgan fingerprint density at radius 1 is 0.977 bits per heavy atom. The zero-order valence-corrected chi connectivity index (χ0v) is 28.3. The summed E-state index contributed by atoms with van der Waals surface area (Å²) in [5, 5.41) is -0.134. The van der Waals surface area contributed by atoms with E-state index in [0.717, 1.165) is 11.1 Å². The van der Waals surface area contributed by atoms with Gasteiger partial charge >= 0.3 is 12.1 Å². The minimum atomic E-state index is -2.45. The molecule has 0 saturated carbocycles. The van der Waals surface area contributed by atoms with Gasteiger partial charge in [0.15, 0.2) is 8.32 Å². The maximum Gasteiger partial charge on any atom is 0.410 e. The van der Waals surface area contributed by atoms with Crippen molar-refractivity contribution in [1.29, 1.82) is 0 Å². The summed E-state index contributed by atoms with van der Waals surface area (Å²) in [6.45, 7) is 21.1. The fraction of sp³-hybridized carbons (Fsp3) is 0.543. The van der Waals surface area contributed by atoms with Crippen LogP contribution in [0.2, 0.25) is 18.1 Å². The molecule has 1 saturated heterocycles. The van der Waals surface area contributed by atoms with E-state index in [2.05, 4.69) is 40.4 Å². The van der Waals surface area contributed by atoms with E-state index in [-0.39, 0.29) is 23.7 Å². The Morgan fingerprint density at radius 3 is 2.09 bits per heavy atom. The molecular weight excluding hydrogens is 558 g/mol. The van der Waals surface area contributed by atoms with Gasteiger partial charge < -0.3 is 18.6 Å². The number of nitrogens with zero attached hydrogens (tertiary/aromatic N) is 1. The number of carbonyl (C=O) groups excluding carboxylic acids is 2. The fourth-order valence-electron chi connectivity index (χ4n) is 4.98. The Hall–Kier alpha value is -2.94. The summed E-state index contributed by atoms with van der Waals surface area (Å²) < 4.78 is 25.1. The van der Waals surface area contributed by atoms with Crippen LogP contribution >= 0.6 is 0 Å². The standard InChI is InChI=1S/C35H51NO6Si/c1-10-21-39-28-23-30(36(24-28)33(38)41-34(2,3)4)31(42-43(8,9)35(5,6)7)29(22-26-17-13-11-14-18-26)32(37)40-25-27-19-15-12-16-20-27/h10-20,28-31H,1,21-25H2,2-9H3/t28-,29+,30-,31+/m1/s1. The van der Waals surface area contributed by atoms with E-state index in [4.69, 9.17) is 18.6 Å². The van der Waals surface area contributed by atoms with Crippen LogP contribution in [0.4, 0.5) is 4.79 Å². The Morgan fingerprint density at radius 2 is 1.56 bits per heavy atom. The summed E-state index contributed by atoms with van der Waals surface area (Å²) in [7, 11) is -2.45. The molecule has 0 radical (unpaired) electrons. The molecule has 1 aliphatic heterocycles. The number of hydrogen-bond donors (Lipinski definition) is 0. The number of hydrogen-bond acceptors (Lipinski definition) is 6. The van der Waals surface area contributed by atoms with Crippen molar-refractivity contribution in [2.45, 2.75) is 103 Å². The first-order valence-electron chi connectivity index (χ1n) is 15.3. The van der Waals surface area contributed by atoms with Crippen LogP contribution in [0.15, 0.2) is 73.3 Å². The summed E-state index contributed by atoms with van der Waals surface area (Å²) in [4.78, 5) is 29.5. The molecule has 1 heterocycles. The van der Waals surface area contributed by atoms with Crippen molar-refractivity contribution in [2.24, 2.45) is 5.92 Å². The zero-order valence-electron chi connectivity index (χ0n) is 27.3. The molecule has 1 fully saturated rings. The minimum Gasteiger partial charge on any atom is -0.461 e. The first-order chi connectivity index (χ1) is 20.1. The van der Waals surface area contributed by atoms with Gasteiger partial charge in [-0.15, -0.1) is 6.58 Å². The summed E-state index contributed by atoms with van der Waals surface area (Å²) in [6.07, 6.45) is 1.28. The van der Waals surface area contributed by atoms with E-state index in [0.29, 0.717) is 26.0 Å². The second-order valence-corrected chi connectivity index (χ2v) is 18.7. The van der Waals surface area contributed by atoms with Crippen molar-refractivity contribution in [1.82, 2.24) is 4.90 Å². The molecule has 0 bridgehead atoms. The Labute approximate surface area is 259 Å². The van der Waals surface area contributed by atoms with Crippen molar-refractivity contribution in [3.8, 4) is 0 Å². The van der Waals surface area contributed by atoms with Crippen LogP contribution in [0.3, 0.4) is 0 Å². The highest BCUT2D eigenvalue weighted by Gasteiger charge is 2.51. The molecule has 7 nitrogen and oxygen atoms in total. The van der Waals surface area contributed by atoms with E-state index < -0.39 is 38.1 Å². The van der Waals surface area contributed by atoms with Gasteiger partial charge in [0, 0.05) is 0 Å². The summed E-state index contributed by atoms with van der Waals surface area (Å²) in [5.74, 6) is -1.02.